The molecule has 1 heterocycles. The van der Waals surface area contributed by atoms with Crippen molar-refractivity contribution in [3.05, 3.63) is 76.4 Å². The highest BCUT2D eigenvalue weighted by molar-refractivity contribution is 6.31. The highest BCUT2D eigenvalue weighted by atomic mass is 35.5. The van der Waals surface area contributed by atoms with Gasteiger partial charge in [0, 0.05) is 16.4 Å². The van der Waals surface area contributed by atoms with E-state index >= 15 is 0 Å². The molecule has 0 bridgehead atoms. The first kappa shape index (κ1) is 17.4. The number of nitrogens with zero attached hydrogens (tertiary/aromatic N) is 3. The molecule has 0 aliphatic heterocycles. The van der Waals surface area contributed by atoms with Crippen molar-refractivity contribution < 1.29 is 4.79 Å². The molecule has 1 amide bonds. The Labute approximate surface area is 155 Å². The van der Waals surface area contributed by atoms with E-state index in [-0.39, 0.29) is 11.6 Å². The first-order chi connectivity index (χ1) is 12.6. The second kappa shape index (κ2) is 7.64. The summed E-state index contributed by atoms with van der Waals surface area (Å²) in [6.07, 6.45) is 0. The van der Waals surface area contributed by atoms with Gasteiger partial charge in [-0.25, -0.2) is 0 Å². The molecule has 1 aromatic heterocycles. The fourth-order valence-electron chi connectivity index (χ4n) is 2.23. The van der Waals surface area contributed by atoms with E-state index in [2.05, 4.69) is 26.9 Å². The minimum Gasteiger partial charge on any atom is -0.339 e. The maximum Gasteiger partial charge on any atom is 0.276 e. The Morgan fingerprint density at radius 1 is 1.08 bits per heavy atom. The zero-order valence-corrected chi connectivity index (χ0v) is 14.6. The third kappa shape index (κ3) is 3.97. The maximum atomic E-state index is 12.3. The monoisotopic (exact) mass is 363 g/mol. The number of rotatable bonds is 4. The van der Waals surface area contributed by atoms with Crippen LogP contribution in [0.3, 0.4) is 0 Å². The SMILES string of the molecule is Cc1c(Cl)cccc1NC(=O)c1ccc(Nc2ccc(C#N)cc2)nn1. The van der Waals surface area contributed by atoms with Crippen molar-refractivity contribution in [2.75, 3.05) is 10.6 Å². The molecule has 0 saturated carbocycles. The normalized spacial score (nSPS) is 10.0. The van der Waals surface area contributed by atoms with Gasteiger partial charge < -0.3 is 10.6 Å². The highest BCUT2D eigenvalue weighted by Crippen LogP contribution is 2.23. The van der Waals surface area contributed by atoms with Gasteiger partial charge in [-0.15, -0.1) is 10.2 Å². The summed E-state index contributed by atoms with van der Waals surface area (Å²) in [6, 6.07) is 17.5. The molecule has 2 N–H and O–H groups in total. The molecular weight excluding hydrogens is 350 g/mol. The van der Waals surface area contributed by atoms with Gasteiger partial charge in [0.2, 0.25) is 0 Å². The lowest BCUT2D eigenvalue weighted by atomic mass is 10.2. The predicted molar refractivity (Wildman–Crippen MR) is 101 cm³/mol. The van der Waals surface area contributed by atoms with Gasteiger partial charge in [0.05, 0.1) is 11.6 Å². The third-order valence-electron chi connectivity index (χ3n) is 3.70. The fourth-order valence-corrected chi connectivity index (χ4v) is 2.40. The van der Waals surface area contributed by atoms with Gasteiger partial charge in [0.15, 0.2) is 11.5 Å². The van der Waals surface area contributed by atoms with Gasteiger partial charge in [-0.05, 0) is 61.0 Å². The second-order valence-corrected chi connectivity index (χ2v) is 5.89. The topological polar surface area (TPSA) is 90.7 Å². The molecule has 0 atom stereocenters. The van der Waals surface area contributed by atoms with Crippen molar-refractivity contribution >= 4 is 34.7 Å². The standard InChI is InChI=1S/C19H14ClN5O/c1-12-15(20)3-2-4-16(12)23-19(26)17-9-10-18(25-24-17)22-14-7-5-13(11-21)6-8-14/h2-10H,1H3,(H,22,25)(H,23,26). The molecule has 0 spiro atoms. The van der Waals surface area contributed by atoms with Crippen molar-refractivity contribution in [2.24, 2.45) is 0 Å². The van der Waals surface area contributed by atoms with Crippen LogP contribution in [-0.2, 0) is 0 Å². The van der Waals surface area contributed by atoms with Crippen LogP contribution in [0, 0.1) is 18.3 Å². The number of nitrogens with one attached hydrogen (secondary N) is 2. The Morgan fingerprint density at radius 2 is 1.85 bits per heavy atom. The van der Waals surface area contributed by atoms with Gasteiger partial charge in [-0.1, -0.05) is 17.7 Å². The highest BCUT2D eigenvalue weighted by Gasteiger charge is 2.11. The van der Waals surface area contributed by atoms with Crippen molar-refractivity contribution in [1.29, 1.82) is 5.26 Å². The Balaban J connectivity index is 1.69. The van der Waals surface area contributed by atoms with E-state index in [1.807, 2.05) is 6.92 Å². The number of anilines is 3. The molecular formula is C19H14ClN5O. The van der Waals surface area contributed by atoms with Crippen LogP contribution in [0.15, 0.2) is 54.6 Å². The maximum absolute atomic E-state index is 12.3. The Kier molecular flexibility index (Phi) is 5.11. The number of carbonyl (C=O) groups excluding carboxylic acids is 1. The molecule has 128 valence electrons. The van der Waals surface area contributed by atoms with Crippen molar-refractivity contribution in [3.63, 3.8) is 0 Å². The Hall–Kier alpha value is -3.43. The molecule has 26 heavy (non-hydrogen) atoms. The van der Waals surface area contributed by atoms with Crippen LogP contribution in [0.4, 0.5) is 17.2 Å². The quantitative estimate of drug-likeness (QED) is 0.720. The summed E-state index contributed by atoms with van der Waals surface area (Å²) in [7, 11) is 0. The molecule has 3 aromatic rings. The third-order valence-corrected chi connectivity index (χ3v) is 4.11. The minimum absolute atomic E-state index is 0.190. The summed E-state index contributed by atoms with van der Waals surface area (Å²) >= 11 is 6.05. The zero-order valence-electron chi connectivity index (χ0n) is 13.8. The summed E-state index contributed by atoms with van der Waals surface area (Å²) in [5, 5.41) is 23.2. The first-order valence-corrected chi connectivity index (χ1v) is 8.12. The number of carbonyl (C=O) groups is 1. The molecule has 0 aliphatic carbocycles. The van der Waals surface area contributed by atoms with Gasteiger partial charge >= 0.3 is 0 Å². The van der Waals surface area contributed by atoms with Gasteiger partial charge in [0.1, 0.15) is 0 Å². The Bertz CT molecular complexity index is 978. The van der Waals surface area contributed by atoms with E-state index in [1.54, 1.807) is 54.6 Å². The molecule has 0 saturated heterocycles. The molecule has 0 radical (unpaired) electrons. The smallest absolute Gasteiger partial charge is 0.276 e. The number of hydrogen-bond donors (Lipinski definition) is 2. The first-order valence-electron chi connectivity index (χ1n) is 7.74. The van der Waals surface area contributed by atoms with Crippen LogP contribution in [0.5, 0.6) is 0 Å². The lowest BCUT2D eigenvalue weighted by Gasteiger charge is -2.09. The lowest BCUT2D eigenvalue weighted by molar-refractivity contribution is 0.102. The average molecular weight is 364 g/mol. The van der Waals surface area contributed by atoms with Crippen LogP contribution in [-0.4, -0.2) is 16.1 Å². The van der Waals surface area contributed by atoms with E-state index in [0.29, 0.717) is 22.1 Å². The summed E-state index contributed by atoms with van der Waals surface area (Å²) in [5.74, 6) is 0.123. The number of aromatic nitrogens is 2. The van der Waals surface area contributed by atoms with Crippen LogP contribution in [0.2, 0.25) is 5.02 Å². The molecule has 0 fully saturated rings. The van der Waals surface area contributed by atoms with Crippen molar-refractivity contribution in [2.45, 2.75) is 6.92 Å². The predicted octanol–water partition coefficient (Wildman–Crippen LogP) is 4.31. The summed E-state index contributed by atoms with van der Waals surface area (Å²) in [4.78, 5) is 12.3. The van der Waals surface area contributed by atoms with Crippen LogP contribution >= 0.6 is 11.6 Å². The molecule has 0 aliphatic rings. The van der Waals surface area contributed by atoms with Crippen LogP contribution in [0.25, 0.3) is 0 Å². The van der Waals surface area contributed by atoms with E-state index in [1.165, 1.54) is 0 Å². The lowest BCUT2D eigenvalue weighted by Crippen LogP contribution is -2.15. The summed E-state index contributed by atoms with van der Waals surface area (Å²) in [5.41, 5.74) is 2.95. The van der Waals surface area contributed by atoms with E-state index < -0.39 is 0 Å². The summed E-state index contributed by atoms with van der Waals surface area (Å²) < 4.78 is 0. The molecule has 7 heteroatoms. The second-order valence-electron chi connectivity index (χ2n) is 5.48. The molecule has 2 aromatic carbocycles. The number of nitriles is 1. The molecule has 3 rings (SSSR count). The van der Waals surface area contributed by atoms with Crippen LogP contribution in [0.1, 0.15) is 21.6 Å². The van der Waals surface area contributed by atoms with Crippen molar-refractivity contribution in [1.82, 2.24) is 10.2 Å². The molecule has 6 nitrogen and oxygen atoms in total. The van der Waals surface area contributed by atoms with E-state index in [0.717, 1.165) is 11.3 Å². The van der Waals surface area contributed by atoms with Crippen molar-refractivity contribution in [3.8, 4) is 6.07 Å². The fraction of sp³-hybridized carbons (Fsp3) is 0.0526. The van der Waals surface area contributed by atoms with Crippen LogP contribution < -0.4 is 10.6 Å². The number of amides is 1. The molecule has 0 unspecified atom stereocenters. The largest absolute Gasteiger partial charge is 0.339 e. The number of hydrogen-bond acceptors (Lipinski definition) is 5. The van der Waals surface area contributed by atoms with Gasteiger partial charge in [-0.2, -0.15) is 5.26 Å². The van der Waals surface area contributed by atoms with E-state index in [9.17, 15) is 4.79 Å². The van der Waals surface area contributed by atoms with Gasteiger partial charge in [-0.3, -0.25) is 4.79 Å². The van der Waals surface area contributed by atoms with E-state index in [4.69, 9.17) is 16.9 Å². The Morgan fingerprint density at radius 3 is 2.50 bits per heavy atom. The van der Waals surface area contributed by atoms with Gasteiger partial charge in [0.25, 0.3) is 5.91 Å². The minimum atomic E-state index is -0.368. The average Bonchev–Trinajstić information content (AvgIpc) is 2.66. The number of benzene rings is 2. The zero-order chi connectivity index (χ0) is 18.5. The summed E-state index contributed by atoms with van der Waals surface area (Å²) in [6.45, 7) is 1.83. The number of halogens is 1.